The lowest BCUT2D eigenvalue weighted by Crippen LogP contribution is -2.07. The van der Waals surface area contributed by atoms with Gasteiger partial charge in [-0.2, -0.15) is 0 Å². The van der Waals surface area contributed by atoms with E-state index in [4.69, 9.17) is 4.74 Å². The SMILES string of the molecule is CCCCCCCOc1cc(=O)[nH]cn1. The molecular formula is C11H18N2O2. The largest absolute Gasteiger partial charge is 0.477 e. The molecule has 15 heavy (non-hydrogen) atoms. The molecule has 4 nitrogen and oxygen atoms in total. The van der Waals surface area contributed by atoms with Gasteiger partial charge in [0.2, 0.25) is 5.88 Å². The summed E-state index contributed by atoms with van der Waals surface area (Å²) in [5.41, 5.74) is -0.175. The van der Waals surface area contributed by atoms with Crippen LogP contribution in [0.5, 0.6) is 5.88 Å². The first-order valence-electron chi connectivity index (χ1n) is 5.50. The second-order valence-corrected chi connectivity index (χ2v) is 3.51. The number of hydrogen-bond acceptors (Lipinski definition) is 3. The molecule has 0 spiro atoms. The van der Waals surface area contributed by atoms with Gasteiger partial charge in [0.25, 0.3) is 5.56 Å². The topological polar surface area (TPSA) is 55.0 Å². The molecule has 0 aliphatic carbocycles. The van der Waals surface area contributed by atoms with Crippen molar-refractivity contribution in [3.05, 3.63) is 22.7 Å². The van der Waals surface area contributed by atoms with Crippen molar-refractivity contribution in [3.8, 4) is 5.88 Å². The number of hydrogen-bond donors (Lipinski definition) is 1. The van der Waals surface area contributed by atoms with E-state index in [-0.39, 0.29) is 5.56 Å². The number of rotatable bonds is 7. The van der Waals surface area contributed by atoms with E-state index in [0.29, 0.717) is 12.5 Å². The maximum Gasteiger partial charge on any atom is 0.254 e. The predicted molar refractivity (Wildman–Crippen MR) is 59.1 cm³/mol. The summed E-state index contributed by atoms with van der Waals surface area (Å²) in [6.45, 7) is 2.83. The van der Waals surface area contributed by atoms with E-state index >= 15 is 0 Å². The lowest BCUT2D eigenvalue weighted by molar-refractivity contribution is 0.292. The normalized spacial score (nSPS) is 10.2. The van der Waals surface area contributed by atoms with Gasteiger partial charge in [-0.3, -0.25) is 4.79 Å². The molecular weight excluding hydrogens is 192 g/mol. The van der Waals surface area contributed by atoms with Gasteiger partial charge in [0.15, 0.2) is 0 Å². The highest BCUT2D eigenvalue weighted by Gasteiger charge is 1.95. The van der Waals surface area contributed by atoms with E-state index in [2.05, 4.69) is 16.9 Å². The fourth-order valence-electron chi connectivity index (χ4n) is 1.31. The molecule has 0 aliphatic rings. The summed E-state index contributed by atoms with van der Waals surface area (Å²) in [5.74, 6) is 0.411. The third-order valence-electron chi connectivity index (χ3n) is 2.15. The third kappa shape index (κ3) is 5.20. The van der Waals surface area contributed by atoms with Crippen molar-refractivity contribution in [1.82, 2.24) is 9.97 Å². The van der Waals surface area contributed by atoms with Crippen LogP contribution in [0.2, 0.25) is 0 Å². The van der Waals surface area contributed by atoms with Crippen LogP contribution >= 0.6 is 0 Å². The van der Waals surface area contributed by atoms with E-state index < -0.39 is 0 Å². The van der Waals surface area contributed by atoms with E-state index in [1.54, 1.807) is 0 Å². The van der Waals surface area contributed by atoms with E-state index in [1.807, 2.05) is 0 Å². The quantitative estimate of drug-likeness (QED) is 0.701. The average molecular weight is 210 g/mol. The summed E-state index contributed by atoms with van der Waals surface area (Å²) < 4.78 is 5.34. The Morgan fingerprint density at radius 1 is 1.33 bits per heavy atom. The van der Waals surface area contributed by atoms with Crippen LogP contribution in [0.25, 0.3) is 0 Å². The van der Waals surface area contributed by atoms with Crippen molar-refractivity contribution in [1.29, 1.82) is 0 Å². The molecule has 84 valence electrons. The lowest BCUT2D eigenvalue weighted by atomic mass is 10.2. The Kier molecular flexibility index (Phi) is 5.51. The van der Waals surface area contributed by atoms with Crippen molar-refractivity contribution >= 4 is 0 Å². The van der Waals surface area contributed by atoms with Crippen molar-refractivity contribution in [2.24, 2.45) is 0 Å². The molecule has 0 atom stereocenters. The number of aromatic amines is 1. The number of nitrogens with zero attached hydrogens (tertiary/aromatic N) is 1. The molecule has 0 unspecified atom stereocenters. The molecule has 0 fully saturated rings. The number of H-pyrrole nitrogens is 1. The van der Waals surface area contributed by atoms with Crippen LogP contribution in [-0.2, 0) is 0 Å². The van der Waals surface area contributed by atoms with Crippen LogP contribution in [0.3, 0.4) is 0 Å². The van der Waals surface area contributed by atoms with Gasteiger partial charge in [-0.25, -0.2) is 4.98 Å². The molecule has 0 bridgehead atoms. The van der Waals surface area contributed by atoms with Gasteiger partial charge in [0, 0.05) is 0 Å². The second-order valence-electron chi connectivity index (χ2n) is 3.51. The van der Waals surface area contributed by atoms with Gasteiger partial charge in [-0.1, -0.05) is 32.6 Å². The molecule has 0 saturated carbocycles. The van der Waals surface area contributed by atoms with Gasteiger partial charge in [0.05, 0.1) is 19.0 Å². The van der Waals surface area contributed by atoms with Crippen LogP contribution in [0.15, 0.2) is 17.2 Å². The molecule has 1 rings (SSSR count). The molecule has 0 saturated heterocycles. The Morgan fingerprint density at radius 2 is 2.13 bits per heavy atom. The number of unbranched alkanes of at least 4 members (excludes halogenated alkanes) is 4. The third-order valence-corrected chi connectivity index (χ3v) is 2.15. The van der Waals surface area contributed by atoms with Crippen LogP contribution in [0, 0.1) is 0 Å². The van der Waals surface area contributed by atoms with Crippen molar-refractivity contribution in [3.63, 3.8) is 0 Å². The fourth-order valence-corrected chi connectivity index (χ4v) is 1.31. The van der Waals surface area contributed by atoms with Crippen molar-refractivity contribution < 1.29 is 4.74 Å². The Labute approximate surface area is 89.7 Å². The maximum absolute atomic E-state index is 10.9. The number of ether oxygens (including phenoxy) is 1. The van der Waals surface area contributed by atoms with Crippen molar-refractivity contribution in [2.45, 2.75) is 39.0 Å². The summed E-state index contributed by atoms with van der Waals surface area (Å²) in [4.78, 5) is 17.2. The molecule has 1 aromatic heterocycles. The zero-order chi connectivity index (χ0) is 10.9. The van der Waals surface area contributed by atoms with Gasteiger partial charge < -0.3 is 9.72 Å². The highest BCUT2D eigenvalue weighted by molar-refractivity contribution is 5.04. The predicted octanol–water partition coefficient (Wildman–Crippen LogP) is 2.12. The number of nitrogens with one attached hydrogen (secondary N) is 1. The van der Waals surface area contributed by atoms with Crippen molar-refractivity contribution in [2.75, 3.05) is 6.61 Å². The minimum absolute atomic E-state index is 0.175. The lowest BCUT2D eigenvalue weighted by Gasteiger charge is -2.03. The molecule has 1 heterocycles. The molecule has 4 heteroatoms. The second kappa shape index (κ2) is 7.04. The first kappa shape index (κ1) is 11.8. The van der Waals surface area contributed by atoms with Gasteiger partial charge in [-0.15, -0.1) is 0 Å². The van der Waals surface area contributed by atoms with Gasteiger partial charge >= 0.3 is 0 Å². The Balaban J connectivity index is 2.12. The van der Waals surface area contributed by atoms with Gasteiger partial charge in [-0.05, 0) is 6.42 Å². The molecule has 0 amide bonds. The average Bonchev–Trinajstić information content (AvgIpc) is 2.23. The Morgan fingerprint density at radius 3 is 2.87 bits per heavy atom. The van der Waals surface area contributed by atoms with Crippen LogP contribution in [0.1, 0.15) is 39.0 Å². The summed E-state index contributed by atoms with van der Waals surface area (Å²) in [7, 11) is 0. The smallest absolute Gasteiger partial charge is 0.254 e. The summed E-state index contributed by atoms with van der Waals surface area (Å²) in [5, 5.41) is 0. The molecule has 0 radical (unpaired) electrons. The fraction of sp³-hybridized carbons (Fsp3) is 0.636. The van der Waals surface area contributed by atoms with E-state index in [1.165, 1.54) is 38.1 Å². The van der Waals surface area contributed by atoms with Crippen LogP contribution < -0.4 is 10.3 Å². The molecule has 0 aromatic carbocycles. The molecule has 1 aromatic rings. The maximum atomic E-state index is 10.9. The zero-order valence-electron chi connectivity index (χ0n) is 9.16. The van der Waals surface area contributed by atoms with Crippen LogP contribution in [0.4, 0.5) is 0 Å². The van der Waals surface area contributed by atoms with Crippen LogP contribution in [-0.4, -0.2) is 16.6 Å². The molecule has 0 aliphatic heterocycles. The van der Waals surface area contributed by atoms with E-state index in [9.17, 15) is 4.79 Å². The monoisotopic (exact) mass is 210 g/mol. The first-order chi connectivity index (χ1) is 7.33. The minimum atomic E-state index is -0.175. The summed E-state index contributed by atoms with van der Waals surface area (Å²) in [6, 6.07) is 1.37. The highest BCUT2D eigenvalue weighted by Crippen LogP contribution is 2.04. The number of aromatic nitrogens is 2. The van der Waals surface area contributed by atoms with Gasteiger partial charge in [0.1, 0.15) is 0 Å². The zero-order valence-corrected chi connectivity index (χ0v) is 9.16. The molecule has 1 N–H and O–H groups in total. The Hall–Kier alpha value is -1.32. The standard InChI is InChI=1S/C11H18N2O2/c1-2-3-4-5-6-7-15-11-8-10(14)12-9-13-11/h8-9H,2-7H2,1H3,(H,12,13,14). The van der Waals surface area contributed by atoms with E-state index in [0.717, 1.165) is 6.42 Å². The minimum Gasteiger partial charge on any atom is -0.477 e. The summed E-state index contributed by atoms with van der Waals surface area (Å²) >= 11 is 0. The Bertz CT molecular complexity index is 322. The summed E-state index contributed by atoms with van der Waals surface area (Å²) in [6.07, 6.45) is 7.34. The first-order valence-corrected chi connectivity index (χ1v) is 5.50. The highest BCUT2D eigenvalue weighted by atomic mass is 16.5.